The van der Waals surface area contributed by atoms with Crippen LogP contribution >= 0.6 is 0 Å². The molecule has 3 aromatic carbocycles. The lowest BCUT2D eigenvalue weighted by atomic mass is 9.95. The molecule has 3 amide bonds. The maximum atomic E-state index is 12.4. The number of urea groups is 1. The number of nitrogens with one attached hydrogen (secondary N) is 3. The van der Waals surface area contributed by atoms with Crippen LogP contribution in [0.1, 0.15) is 30.4 Å². The van der Waals surface area contributed by atoms with Crippen molar-refractivity contribution < 1.29 is 14.3 Å². The van der Waals surface area contributed by atoms with Gasteiger partial charge in [-0.3, -0.25) is 19.9 Å². The number of imide groups is 1. The van der Waals surface area contributed by atoms with Crippen LogP contribution in [0, 0.1) is 19.8 Å². The van der Waals surface area contributed by atoms with Crippen LogP contribution in [-0.4, -0.2) is 92.3 Å². The van der Waals surface area contributed by atoms with E-state index >= 15 is 0 Å². The lowest BCUT2D eigenvalue weighted by Crippen LogP contribution is -2.50. The summed E-state index contributed by atoms with van der Waals surface area (Å²) in [5.41, 5.74) is 9.73. The minimum absolute atomic E-state index is 0.209. The Morgan fingerprint density at radius 3 is 2.38 bits per heavy atom. The number of hydrogen-bond acceptors (Lipinski definition) is 10. The van der Waals surface area contributed by atoms with Gasteiger partial charge in [-0.25, -0.2) is 14.8 Å². The molecule has 5 aromatic rings. The highest BCUT2D eigenvalue weighted by molar-refractivity contribution is 6.06. The van der Waals surface area contributed by atoms with Crippen molar-refractivity contribution in [1.82, 2.24) is 20.2 Å². The van der Waals surface area contributed by atoms with Crippen LogP contribution in [0.4, 0.5) is 39.0 Å². The van der Waals surface area contributed by atoms with Crippen molar-refractivity contribution in [2.24, 2.45) is 5.92 Å². The van der Waals surface area contributed by atoms with Gasteiger partial charge in [-0.2, -0.15) is 0 Å². The minimum Gasteiger partial charge on any atom is -0.474 e. The number of rotatable bonds is 8. The first-order valence-electron chi connectivity index (χ1n) is 19.9. The minimum atomic E-state index is -0.336. The molecule has 0 radical (unpaired) electrons. The van der Waals surface area contributed by atoms with E-state index in [1.54, 1.807) is 4.90 Å². The zero-order valence-electron chi connectivity index (χ0n) is 32.2. The number of aromatic nitrogens is 2. The number of amides is 3. The van der Waals surface area contributed by atoms with Crippen LogP contribution in [-0.2, 0) is 4.79 Å². The highest BCUT2D eigenvalue weighted by atomic mass is 16.5. The third-order valence-electron chi connectivity index (χ3n) is 11.9. The predicted molar refractivity (Wildman–Crippen MR) is 224 cm³/mol. The zero-order valence-corrected chi connectivity index (χ0v) is 32.2. The molecular weight excluding hydrogens is 703 g/mol. The molecule has 0 unspecified atom stereocenters. The standard InChI is InChI=1S/C44H49N9O3/c1-29-23-37(9-10-39(29)53-17-13-41(54)49-44(53)55)52-20-18-50(19-21-52)28-31-11-15-51(16-12-31)36-7-5-35(6-8-36)48-40-25-34-24-32(3-4-33(34)26-46-40)38-27-47-43-42(30(38)2)45-14-22-56-43/h3-10,23-27,31,45H,11-22,28H2,1-2H3,(H,46,48)(H,49,54,55). The summed E-state index contributed by atoms with van der Waals surface area (Å²) < 4.78 is 5.73. The number of pyridine rings is 2. The summed E-state index contributed by atoms with van der Waals surface area (Å²) in [7, 11) is 0. The van der Waals surface area contributed by atoms with E-state index in [4.69, 9.17) is 9.72 Å². The second-order valence-electron chi connectivity index (χ2n) is 15.5. The Bertz CT molecular complexity index is 2260. The summed E-state index contributed by atoms with van der Waals surface area (Å²) in [4.78, 5) is 42.5. The van der Waals surface area contributed by atoms with Gasteiger partial charge >= 0.3 is 6.03 Å². The van der Waals surface area contributed by atoms with E-state index in [2.05, 4.69) is 103 Å². The maximum absolute atomic E-state index is 12.4. The van der Waals surface area contributed by atoms with E-state index < -0.39 is 0 Å². The quantitative estimate of drug-likeness (QED) is 0.154. The number of aryl methyl sites for hydroxylation is 1. The molecule has 288 valence electrons. The number of nitrogens with zero attached hydrogens (tertiary/aromatic N) is 6. The molecule has 3 N–H and O–H groups in total. The number of anilines is 6. The Morgan fingerprint density at radius 1 is 0.804 bits per heavy atom. The lowest BCUT2D eigenvalue weighted by molar-refractivity contribution is -0.120. The van der Waals surface area contributed by atoms with Crippen molar-refractivity contribution >= 4 is 57.0 Å². The first-order chi connectivity index (χ1) is 27.3. The Hall–Kier alpha value is -5.88. The van der Waals surface area contributed by atoms with Crippen LogP contribution in [0.15, 0.2) is 79.1 Å². The van der Waals surface area contributed by atoms with Gasteiger partial charge in [-0.15, -0.1) is 0 Å². The summed E-state index contributed by atoms with van der Waals surface area (Å²) in [5.74, 6) is 1.99. The number of benzene rings is 3. The molecular formula is C44H49N9O3. The van der Waals surface area contributed by atoms with E-state index in [1.807, 2.05) is 25.4 Å². The smallest absolute Gasteiger partial charge is 0.328 e. The van der Waals surface area contributed by atoms with Crippen molar-refractivity contribution in [1.29, 1.82) is 0 Å². The predicted octanol–water partition coefficient (Wildman–Crippen LogP) is 6.95. The molecule has 0 aliphatic carbocycles. The Kier molecular flexibility index (Phi) is 9.80. The molecule has 9 rings (SSSR count). The van der Waals surface area contributed by atoms with Crippen LogP contribution in [0.5, 0.6) is 5.88 Å². The van der Waals surface area contributed by atoms with Gasteiger partial charge in [0.05, 0.1) is 0 Å². The van der Waals surface area contributed by atoms with Crippen LogP contribution in [0.2, 0.25) is 0 Å². The zero-order chi connectivity index (χ0) is 38.2. The number of piperazine rings is 1. The van der Waals surface area contributed by atoms with E-state index in [0.717, 1.165) is 108 Å². The summed E-state index contributed by atoms with van der Waals surface area (Å²) in [6, 6.07) is 23.3. The Balaban J connectivity index is 0.755. The molecule has 0 bridgehead atoms. The molecule has 12 nitrogen and oxygen atoms in total. The van der Waals surface area contributed by atoms with Crippen LogP contribution < -0.4 is 35.4 Å². The third kappa shape index (κ3) is 7.40. The number of ether oxygens (including phenoxy) is 1. The van der Waals surface area contributed by atoms with E-state index in [1.165, 1.54) is 24.2 Å². The normalized spacial score (nSPS) is 18.0. The highest BCUT2D eigenvalue weighted by Gasteiger charge is 2.27. The monoisotopic (exact) mass is 751 g/mol. The van der Waals surface area contributed by atoms with Crippen molar-refractivity contribution in [2.75, 3.05) is 90.8 Å². The summed E-state index contributed by atoms with van der Waals surface area (Å²) in [6.07, 6.45) is 6.57. The Morgan fingerprint density at radius 2 is 1.59 bits per heavy atom. The molecule has 3 saturated heterocycles. The van der Waals surface area contributed by atoms with Crippen LogP contribution in [0.25, 0.3) is 21.9 Å². The fourth-order valence-corrected chi connectivity index (χ4v) is 8.65. The number of piperidine rings is 1. The van der Waals surface area contributed by atoms with Crippen molar-refractivity contribution in [3.8, 4) is 17.0 Å². The molecule has 4 aliphatic heterocycles. The molecule has 12 heteroatoms. The summed E-state index contributed by atoms with van der Waals surface area (Å²) in [5, 5.41) is 11.6. The summed E-state index contributed by atoms with van der Waals surface area (Å²) >= 11 is 0. The van der Waals surface area contributed by atoms with Gasteiger partial charge in [0, 0.05) is 111 Å². The topological polar surface area (TPSA) is 118 Å². The second-order valence-corrected chi connectivity index (χ2v) is 15.5. The first-order valence-corrected chi connectivity index (χ1v) is 19.9. The first kappa shape index (κ1) is 35.8. The highest BCUT2D eigenvalue weighted by Crippen LogP contribution is 2.37. The summed E-state index contributed by atoms with van der Waals surface area (Å²) in [6.45, 7) is 13.4. The van der Waals surface area contributed by atoms with Gasteiger partial charge in [-0.05, 0) is 109 Å². The number of hydrogen-bond donors (Lipinski definition) is 3. The van der Waals surface area contributed by atoms with Crippen molar-refractivity contribution in [3.05, 3.63) is 90.3 Å². The fraction of sp³-hybridized carbons (Fsp3) is 0.364. The molecule has 0 spiro atoms. The van der Waals surface area contributed by atoms with Gasteiger partial charge in [0.2, 0.25) is 11.8 Å². The maximum Gasteiger partial charge on any atom is 0.328 e. The van der Waals surface area contributed by atoms with Gasteiger partial charge in [0.1, 0.15) is 18.1 Å². The van der Waals surface area contributed by atoms with Crippen LogP contribution in [0.3, 0.4) is 0 Å². The molecule has 3 fully saturated rings. The molecule has 0 saturated carbocycles. The van der Waals surface area contributed by atoms with Gasteiger partial charge in [-0.1, -0.05) is 12.1 Å². The average molecular weight is 752 g/mol. The Labute approximate surface area is 327 Å². The number of carbonyl (C=O) groups excluding carboxylic acids is 2. The number of fused-ring (bicyclic) bond motifs is 2. The number of carbonyl (C=O) groups is 2. The third-order valence-corrected chi connectivity index (χ3v) is 11.9. The fourth-order valence-electron chi connectivity index (χ4n) is 8.65. The molecule has 6 heterocycles. The van der Waals surface area contributed by atoms with Gasteiger partial charge in [0.25, 0.3) is 0 Å². The van der Waals surface area contributed by atoms with E-state index in [0.29, 0.717) is 31.4 Å². The molecule has 2 aromatic heterocycles. The SMILES string of the molecule is Cc1cc(N2CCN(CC3CCN(c4ccc(Nc5cc6cc(-c7cnc8c(c7C)NCCO8)ccc6cn5)cc4)CC3)CC2)ccc1N1CCC(=O)NC1=O. The van der Waals surface area contributed by atoms with Crippen molar-refractivity contribution in [2.45, 2.75) is 33.1 Å². The van der Waals surface area contributed by atoms with Crippen molar-refractivity contribution in [3.63, 3.8) is 0 Å². The van der Waals surface area contributed by atoms with Gasteiger partial charge < -0.3 is 25.2 Å². The lowest BCUT2D eigenvalue weighted by Gasteiger charge is -2.40. The van der Waals surface area contributed by atoms with Gasteiger partial charge in [0.15, 0.2) is 0 Å². The van der Waals surface area contributed by atoms with E-state index in [-0.39, 0.29) is 11.9 Å². The second kappa shape index (κ2) is 15.3. The van der Waals surface area contributed by atoms with E-state index in [9.17, 15) is 9.59 Å². The average Bonchev–Trinajstić information content (AvgIpc) is 3.22. The molecule has 4 aliphatic rings. The largest absolute Gasteiger partial charge is 0.474 e. The molecule has 56 heavy (non-hydrogen) atoms. The molecule has 0 atom stereocenters.